The van der Waals surface area contributed by atoms with Crippen LogP contribution in [-0.2, 0) is 6.42 Å². The van der Waals surface area contributed by atoms with Crippen molar-refractivity contribution in [2.24, 2.45) is 0 Å². The Balaban J connectivity index is 1.97. The Kier molecular flexibility index (Phi) is 4.20. The van der Waals surface area contributed by atoms with Crippen molar-refractivity contribution in [1.82, 2.24) is 15.0 Å². The number of carbonyl (C=O) groups excluding carboxylic acids is 1. The van der Waals surface area contributed by atoms with Crippen LogP contribution >= 0.6 is 0 Å². The topological polar surface area (TPSA) is 95.9 Å². The van der Waals surface area contributed by atoms with Crippen molar-refractivity contribution in [3.63, 3.8) is 0 Å². The summed E-state index contributed by atoms with van der Waals surface area (Å²) in [5.74, 6) is -0.961. The number of rotatable bonds is 4. The molecule has 2 heterocycles. The van der Waals surface area contributed by atoms with E-state index in [4.69, 9.17) is 0 Å². The number of pyridine rings is 1. The van der Waals surface area contributed by atoms with Gasteiger partial charge >= 0.3 is 0 Å². The number of aryl methyl sites for hydroxylation is 1. The molecule has 0 unspecified atom stereocenters. The highest BCUT2D eigenvalue weighted by atomic mass is 16.3. The van der Waals surface area contributed by atoms with E-state index in [0.29, 0.717) is 5.69 Å². The molecular weight excluding hydrogens is 306 g/mol. The van der Waals surface area contributed by atoms with Gasteiger partial charge in [0.15, 0.2) is 17.3 Å². The highest BCUT2D eigenvalue weighted by molar-refractivity contribution is 5.98. The van der Waals surface area contributed by atoms with Gasteiger partial charge in [-0.1, -0.05) is 35.9 Å². The predicted octanol–water partition coefficient (Wildman–Crippen LogP) is 2.27. The lowest BCUT2D eigenvalue weighted by Gasteiger charge is -2.06. The first-order valence-electron chi connectivity index (χ1n) is 7.38. The van der Waals surface area contributed by atoms with E-state index in [1.54, 1.807) is 24.4 Å². The minimum absolute atomic E-state index is 0.0476. The summed E-state index contributed by atoms with van der Waals surface area (Å²) >= 11 is 0. The molecule has 2 N–H and O–H groups in total. The van der Waals surface area contributed by atoms with Crippen molar-refractivity contribution < 1.29 is 9.90 Å². The summed E-state index contributed by atoms with van der Waals surface area (Å²) in [6.07, 6.45) is 1.60. The van der Waals surface area contributed by atoms with Crippen LogP contribution in [0.1, 0.15) is 21.6 Å². The number of aromatic hydroxyl groups is 1. The molecule has 0 amide bonds. The number of benzene rings is 1. The van der Waals surface area contributed by atoms with Crippen LogP contribution in [-0.4, -0.2) is 25.8 Å². The van der Waals surface area contributed by atoms with Crippen LogP contribution in [0.2, 0.25) is 0 Å². The van der Waals surface area contributed by atoms with Crippen molar-refractivity contribution in [2.45, 2.75) is 13.3 Å². The van der Waals surface area contributed by atoms with Gasteiger partial charge in [-0.2, -0.15) is 0 Å². The van der Waals surface area contributed by atoms with Gasteiger partial charge in [0, 0.05) is 12.6 Å². The first-order valence-corrected chi connectivity index (χ1v) is 7.38. The number of ketones is 1. The maximum absolute atomic E-state index is 12.5. The minimum atomic E-state index is -0.766. The zero-order valence-corrected chi connectivity index (χ0v) is 13.0. The average molecular weight is 321 g/mol. The van der Waals surface area contributed by atoms with Gasteiger partial charge in [0.25, 0.3) is 5.56 Å². The van der Waals surface area contributed by atoms with Crippen molar-refractivity contribution >= 4 is 5.78 Å². The molecule has 0 bridgehead atoms. The quantitative estimate of drug-likeness (QED) is 0.719. The third-order valence-electron chi connectivity index (χ3n) is 3.55. The second-order valence-corrected chi connectivity index (χ2v) is 5.41. The standard InChI is InChI=1S/C18H15N3O3/c1-11-5-7-12(8-6-11)10-14(22)15-16(23)18(24)21-17(20-15)13-4-2-3-9-19-13/h2-9,23H,10H2,1H3,(H,20,21,24). The molecule has 0 saturated heterocycles. The van der Waals surface area contributed by atoms with Crippen LogP contribution in [0.5, 0.6) is 5.75 Å². The van der Waals surface area contributed by atoms with Gasteiger partial charge in [-0.15, -0.1) is 0 Å². The number of hydrogen-bond donors (Lipinski definition) is 2. The van der Waals surface area contributed by atoms with Gasteiger partial charge < -0.3 is 10.1 Å². The molecule has 0 atom stereocenters. The van der Waals surface area contributed by atoms with Gasteiger partial charge in [-0.05, 0) is 24.6 Å². The maximum atomic E-state index is 12.5. The van der Waals surface area contributed by atoms with Gasteiger partial charge in [0.2, 0.25) is 5.75 Å². The zero-order valence-electron chi connectivity index (χ0n) is 13.0. The van der Waals surface area contributed by atoms with Crippen molar-refractivity contribution in [3.05, 3.63) is 75.8 Å². The molecule has 6 nitrogen and oxygen atoms in total. The normalized spacial score (nSPS) is 10.5. The van der Waals surface area contributed by atoms with E-state index >= 15 is 0 Å². The van der Waals surface area contributed by atoms with E-state index in [0.717, 1.165) is 11.1 Å². The summed E-state index contributed by atoms with van der Waals surface area (Å²) in [4.78, 5) is 35.0. The fourth-order valence-corrected chi connectivity index (χ4v) is 2.26. The fraction of sp³-hybridized carbons (Fsp3) is 0.111. The molecular formula is C18H15N3O3. The zero-order chi connectivity index (χ0) is 17.1. The van der Waals surface area contributed by atoms with Crippen molar-refractivity contribution in [2.75, 3.05) is 0 Å². The van der Waals surface area contributed by atoms with Crippen LogP contribution in [0.4, 0.5) is 0 Å². The van der Waals surface area contributed by atoms with Crippen molar-refractivity contribution in [3.8, 4) is 17.3 Å². The Labute approximate surface area is 137 Å². The Morgan fingerprint density at radius 3 is 2.58 bits per heavy atom. The van der Waals surface area contributed by atoms with E-state index in [9.17, 15) is 14.7 Å². The maximum Gasteiger partial charge on any atom is 0.294 e. The number of H-pyrrole nitrogens is 1. The number of hydrogen-bond acceptors (Lipinski definition) is 5. The van der Waals surface area contributed by atoms with Crippen LogP contribution in [0.25, 0.3) is 11.5 Å². The average Bonchev–Trinajstić information content (AvgIpc) is 2.60. The third kappa shape index (κ3) is 3.22. The van der Waals surface area contributed by atoms with Crippen LogP contribution in [0.3, 0.4) is 0 Å². The SMILES string of the molecule is Cc1ccc(CC(=O)c2nc(-c3ccccn3)[nH]c(=O)c2O)cc1. The van der Waals surface area contributed by atoms with Gasteiger partial charge in [0.1, 0.15) is 5.69 Å². The summed E-state index contributed by atoms with van der Waals surface area (Å²) in [6, 6.07) is 12.6. The molecule has 2 aromatic heterocycles. The summed E-state index contributed by atoms with van der Waals surface area (Å²) in [6.45, 7) is 1.95. The molecule has 0 fully saturated rings. The lowest BCUT2D eigenvalue weighted by Crippen LogP contribution is -2.17. The molecule has 3 aromatic rings. The van der Waals surface area contributed by atoms with Gasteiger partial charge in [-0.25, -0.2) is 4.98 Å². The van der Waals surface area contributed by atoms with Crippen LogP contribution in [0.15, 0.2) is 53.5 Å². The Morgan fingerprint density at radius 2 is 1.92 bits per heavy atom. The van der Waals surface area contributed by atoms with E-state index < -0.39 is 17.1 Å². The second kappa shape index (κ2) is 6.45. The molecule has 0 aliphatic heterocycles. The minimum Gasteiger partial charge on any atom is -0.501 e. The fourth-order valence-electron chi connectivity index (χ4n) is 2.26. The molecule has 24 heavy (non-hydrogen) atoms. The van der Waals surface area contributed by atoms with E-state index in [-0.39, 0.29) is 17.9 Å². The molecule has 120 valence electrons. The highest BCUT2D eigenvalue weighted by Gasteiger charge is 2.19. The number of carbonyl (C=O) groups is 1. The Bertz CT molecular complexity index is 932. The first-order chi connectivity index (χ1) is 11.5. The van der Waals surface area contributed by atoms with Gasteiger partial charge in [-0.3, -0.25) is 14.6 Å². The lowest BCUT2D eigenvalue weighted by molar-refractivity contribution is 0.0985. The summed E-state index contributed by atoms with van der Waals surface area (Å²) < 4.78 is 0. The molecule has 6 heteroatoms. The molecule has 0 radical (unpaired) electrons. The van der Waals surface area contributed by atoms with E-state index in [1.165, 1.54) is 0 Å². The van der Waals surface area contributed by atoms with Gasteiger partial charge in [0.05, 0.1) is 0 Å². The molecule has 0 saturated carbocycles. The number of nitrogens with one attached hydrogen (secondary N) is 1. The summed E-state index contributed by atoms with van der Waals surface area (Å²) in [5, 5.41) is 9.91. The molecule has 0 spiro atoms. The number of aromatic nitrogens is 3. The van der Waals surface area contributed by atoms with E-state index in [1.807, 2.05) is 31.2 Å². The largest absolute Gasteiger partial charge is 0.501 e. The monoisotopic (exact) mass is 321 g/mol. The van der Waals surface area contributed by atoms with Crippen LogP contribution in [0, 0.1) is 6.92 Å². The third-order valence-corrected chi connectivity index (χ3v) is 3.55. The lowest BCUT2D eigenvalue weighted by atomic mass is 10.0. The molecule has 3 rings (SSSR count). The number of nitrogens with zero attached hydrogens (tertiary/aromatic N) is 2. The summed E-state index contributed by atoms with van der Waals surface area (Å²) in [7, 11) is 0. The van der Waals surface area contributed by atoms with Crippen LogP contribution < -0.4 is 5.56 Å². The predicted molar refractivity (Wildman–Crippen MR) is 89.0 cm³/mol. The smallest absolute Gasteiger partial charge is 0.294 e. The Hall–Kier alpha value is -3.28. The van der Waals surface area contributed by atoms with Crippen molar-refractivity contribution in [1.29, 1.82) is 0 Å². The number of aromatic amines is 1. The molecule has 0 aliphatic rings. The Morgan fingerprint density at radius 1 is 1.17 bits per heavy atom. The highest BCUT2D eigenvalue weighted by Crippen LogP contribution is 2.17. The van der Waals surface area contributed by atoms with E-state index in [2.05, 4.69) is 15.0 Å². The first kappa shape index (κ1) is 15.6. The molecule has 1 aromatic carbocycles. The second-order valence-electron chi connectivity index (χ2n) is 5.41. The molecule has 0 aliphatic carbocycles. The summed E-state index contributed by atoms with van der Waals surface area (Å²) in [5.41, 5.74) is 1.27. The number of Topliss-reactive ketones (excluding diaryl/α,β-unsaturated/α-hetero) is 1.